The number of Topliss-reactive ketones (excluding diaryl/α,β-unsaturated/α-hetero) is 1. The summed E-state index contributed by atoms with van der Waals surface area (Å²) in [6, 6.07) is 7.38. The molecule has 130 valence electrons. The molecule has 1 aromatic carbocycles. The van der Waals surface area contributed by atoms with Crippen LogP contribution in [0.15, 0.2) is 29.8 Å². The monoisotopic (exact) mass is 350 g/mol. The summed E-state index contributed by atoms with van der Waals surface area (Å²) in [6.45, 7) is 3.87. The predicted molar refractivity (Wildman–Crippen MR) is 91.3 cm³/mol. The zero-order valence-electron chi connectivity index (χ0n) is 14.1. The molecular weight excluding hydrogens is 328 g/mol. The van der Waals surface area contributed by atoms with Crippen molar-refractivity contribution < 1.29 is 22.5 Å². The van der Waals surface area contributed by atoms with Gasteiger partial charge in [-0.1, -0.05) is 26.0 Å². The zero-order chi connectivity index (χ0) is 17.8. The lowest BCUT2D eigenvalue weighted by molar-refractivity contribution is -0.125. The van der Waals surface area contributed by atoms with Gasteiger partial charge < -0.3 is 4.74 Å². The van der Waals surface area contributed by atoms with E-state index in [1.807, 2.05) is 44.2 Å². The predicted octanol–water partition coefficient (Wildman–Crippen LogP) is 2.97. The van der Waals surface area contributed by atoms with Gasteiger partial charge in [0.1, 0.15) is 5.75 Å². The van der Waals surface area contributed by atoms with E-state index in [2.05, 4.69) is 0 Å². The Kier molecular flexibility index (Phi) is 3.88. The van der Waals surface area contributed by atoms with Crippen molar-refractivity contribution in [2.75, 3.05) is 12.9 Å². The maximum Gasteiger partial charge on any atom is 0.265 e. The molecule has 2 atom stereocenters. The van der Waals surface area contributed by atoms with E-state index in [1.165, 1.54) is 0 Å². The van der Waals surface area contributed by atoms with E-state index < -0.39 is 26.7 Å². The SMILES string of the molecule is COc1ccc(/C=C2\C(=O)C3(CS(=O)(=O)O)CCC2C3(C)C)cc1. The van der Waals surface area contributed by atoms with Gasteiger partial charge in [-0.25, -0.2) is 0 Å². The Morgan fingerprint density at radius 2 is 1.92 bits per heavy atom. The van der Waals surface area contributed by atoms with Crippen LogP contribution in [0.1, 0.15) is 32.3 Å². The summed E-state index contributed by atoms with van der Waals surface area (Å²) in [4.78, 5) is 13.0. The minimum Gasteiger partial charge on any atom is -0.497 e. The molecule has 0 spiro atoms. The van der Waals surface area contributed by atoms with Crippen LogP contribution in [0.3, 0.4) is 0 Å². The number of hydrogen-bond donors (Lipinski definition) is 1. The number of methoxy groups -OCH3 is 1. The number of fused-ring (bicyclic) bond motifs is 2. The summed E-state index contributed by atoms with van der Waals surface area (Å²) in [5.74, 6) is 0.105. The van der Waals surface area contributed by atoms with Crippen LogP contribution >= 0.6 is 0 Å². The van der Waals surface area contributed by atoms with Gasteiger partial charge in [0.05, 0.1) is 18.3 Å². The first-order valence-electron chi connectivity index (χ1n) is 7.96. The zero-order valence-corrected chi connectivity index (χ0v) is 14.9. The van der Waals surface area contributed by atoms with Crippen molar-refractivity contribution >= 4 is 22.0 Å². The van der Waals surface area contributed by atoms with Gasteiger partial charge in [-0.3, -0.25) is 9.35 Å². The number of allylic oxidation sites excluding steroid dienone is 1. The summed E-state index contributed by atoms with van der Waals surface area (Å²) in [5, 5.41) is 0. The summed E-state index contributed by atoms with van der Waals surface area (Å²) in [6.07, 6.45) is 3.11. The first-order chi connectivity index (χ1) is 11.1. The number of ketones is 1. The molecule has 6 heteroatoms. The molecule has 0 amide bonds. The van der Waals surface area contributed by atoms with Crippen LogP contribution in [0, 0.1) is 16.7 Å². The van der Waals surface area contributed by atoms with Crippen LogP contribution in [-0.2, 0) is 14.9 Å². The number of carbonyl (C=O) groups excluding carboxylic acids is 1. The second kappa shape index (κ2) is 5.43. The highest BCUT2D eigenvalue weighted by atomic mass is 32.2. The minimum absolute atomic E-state index is 0.00820. The molecule has 2 bridgehead atoms. The third-order valence-electron chi connectivity index (χ3n) is 5.90. The summed E-state index contributed by atoms with van der Waals surface area (Å²) in [7, 11) is -2.63. The van der Waals surface area contributed by atoms with E-state index in [1.54, 1.807) is 7.11 Å². The first kappa shape index (κ1) is 17.2. The molecule has 24 heavy (non-hydrogen) atoms. The normalized spacial score (nSPS) is 30.1. The Balaban J connectivity index is 2.03. The Hall–Kier alpha value is -1.66. The van der Waals surface area contributed by atoms with Gasteiger partial charge in [-0.2, -0.15) is 8.42 Å². The Morgan fingerprint density at radius 3 is 2.46 bits per heavy atom. The average molecular weight is 350 g/mol. The van der Waals surface area contributed by atoms with Gasteiger partial charge in [-0.15, -0.1) is 0 Å². The summed E-state index contributed by atoms with van der Waals surface area (Å²) < 4.78 is 37.5. The number of hydrogen-bond acceptors (Lipinski definition) is 4. The second-order valence-electron chi connectivity index (χ2n) is 7.32. The number of ether oxygens (including phenoxy) is 1. The topological polar surface area (TPSA) is 80.7 Å². The molecular formula is C18H22O5S. The highest BCUT2D eigenvalue weighted by Crippen LogP contribution is 2.66. The summed E-state index contributed by atoms with van der Waals surface area (Å²) in [5.41, 5.74) is 0.0337. The van der Waals surface area contributed by atoms with Crippen molar-refractivity contribution in [3.8, 4) is 5.75 Å². The van der Waals surface area contributed by atoms with E-state index in [9.17, 15) is 17.8 Å². The molecule has 0 radical (unpaired) electrons. The Morgan fingerprint density at radius 1 is 1.29 bits per heavy atom. The first-order valence-corrected chi connectivity index (χ1v) is 9.57. The van der Waals surface area contributed by atoms with E-state index >= 15 is 0 Å². The van der Waals surface area contributed by atoms with Crippen LogP contribution in [0.5, 0.6) is 5.75 Å². The fourth-order valence-electron chi connectivity index (χ4n) is 4.47. The van der Waals surface area contributed by atoms with Crippen molar-refractivity contribution in [1.29, 1.82) is 0 Å². The maximum absolute atomic E-state index is 13.0. The molecule has 2 aliphatic rings. The third-order valence-corrected chi connectivity index (χ3v) is 6.76. The highest BCUT2D eigenvalue weighted by Gasteiger charge is 2.67. The fourth-order valence-corrected chi connectivity index (χ4v) is 5.74. The van der Waals surface area contributed by atoms with Gasteiger partial charge in [-0.05, 0) is 47.9 Å². The van der Waals surface area contributed by atoms with E-state index in [4.69, 9.17) is 4.74 Å². The standard InChI is InChI=1S/C18H22O5S/c1-17(2)15-8-9-18(17,11-24(20,21)22)16(19)14(15)10-12-4-6-13(23-3)7-5-12/h4-7,10,15H,8-9,11H2,1-3H3,(H,20,21,22)/b14-10-. The Bertz CT molecular complexity index is 804. The van der Waals surface area contributed by atoms with Gasteiger partial charge in [0.2, 0.25) is 0 Å². The van der Waals surface area contributed by atoms with Crippen molar-refractivity contribution in [1.82, 2.24) is 0 Å². The number of benzene rings is 1. The molecule has 3 rings (SSSR count). The van der Waals surface area contributed by atoms with Gasteiger partial charge in [0.15, 0.2) is 5.78 Å². The molecule has 1 aromatic rings. The third kappa shape index (κ3) is 2.48. The maximum atomic E-state index is 13.0. The highest BCUT2D eigenvalue weighted by molar-refractivity contribution is 7.85. The molecule has 2 unspecified atom stereocenters. The molecule has 2 fully saturated rings. The van der Waals surface area contributed by atoms with Crippen molar-refractivity contribution in [3.63, 3.8) is 0 Å². The lowest BCUT2D eigenvalue weighted by Crippen LogP contribution is -2.42. The molecule has 0 aliphatic heterocycles. The largest absolute Gasteiger partial charge is 0.497 e. The molecule has 5 nitrogen and oxygen atoms in total. The van der Waals surface area contributed by atoms with Gasteiger partial charge in [0, 0.05) is 5.57 Å². The molecule has 0 heterocycles. The minimum atomic E-state index is -4.23. The van der Waals surface area contributed by atoms with Gasteiger partial charge in [0.25, 0.3) is 10.1 Å². The number of rotatable bonds is 4. The van der Waals surface area contributed by atoms with E-state index in [0.717, 1.165) is 17.7 Å². The summed E-state index contributed by atoms with van der Waals surface area (Å²) >= 11 is 0. The Labute approximate surface area is 142 Å². The van der Waals surface area contributed by atoms with Crippen LogP contribution in [-0.4, -0.2) is 31.6 Å². The average Bonchev–Trinajstić information content (AvgIpc) is 2.81. The van der Waals surface area contributed by atoms with Crippen molar-refractivity contribution in [2.24, 2.45) is 16.7 Å². The van der Waals surface area contributed by atoms with E-state index in [0.29, 0.717) is 12.0 Å². The van der Waals surface area contributed by atoms with E-state index in [-0.39, 0.29) is 11.7 Å². The van der Waals surface area contributed by atoms with Crippen LogP contribution in [0.2, 0.25) is 0 Å². The van der Waals surface area contributed by atoms with Crippen molar-refractivity contribution in [3.05, 3.63) is 35.4 Å². The van der Waals surface area contributed by atoms with Crippen LogP contribution in [0.4, 0.5) is 0 Å². The van der Waals surface area contributed by atoms with Gasteiger partial charge >= 0.3 is 0 Å². The second-order valence-corrected chi connectivity index (χ2v) is 8.78. The molecule has 0 aromatic heterocycles. The quantitative estimate of drug-likeness (QED) is 0.667. The molecule has 0 saturated heterocycles. The van der Waals surface area contributed by atoms with Crippen molar-refractivity contribution in [2.45, 2.75) is 26.7 Å². The van der Waals surface area contributed by atoms with Crippen LogP contribution < -0.4 is 4.74 Å². The molecule has 2 saturated carbocycles. The fraction of sp³-hybridized carbons (Fsp3) is 0.500. The number of carbonyl (C=O) groups is 1. The smallest absolute Gasteiger partial charge is 0.265 e. The van der Waals surface area contributed by atoms with Crippen LogP contribution in [0.25, 0.3) is 6.08 Å². The lowest BCUT2D eigenvalue weighted by atomic mass is 9.70. The molecule has 2 aliphatic carbocycles. The molecule has 1 N–H and O–H groups in total. The lowest BCUT2D eigenvalue weighted by Gasteiger charge is -2.34.